The molecule has 0 amide bonds. The Labute approximate surface area is 214 Å². The zero-order chi connectivity index (χ0) is 24.9. The summed E-state index contributed by atoms with van der Waals surface area (Å²) in [6.45, 7) is 7.88. The standard InChI is InChI=1S/C26H28Cl2N6O/c1-4-34(5-2)13-14-35-19-11-9-18(10-12-19)31-26-30-16-17-15-20(24(29)33(3)25(17)32-26)23-21(27)7-6-8-22(23)28/h6-12,15-16,29H,4-5,13-14H2,1-3H3,(H,30,31,32). The molecule has 7 nitrogen and oxygen atoms in total. The Morgan fingerprint density at radius 1 is 1.06 bits per heavy atom. The van der Waals surface area contributed by atoms with Crippen LogP contribution in [0.1, 0.15) is 13.8 Å². The lowest BCUT2D eigenvalue weighted by atomic mass is 10.1. The third-order valence-electron chi connectivity index (χ3n) is 5.92. The van der Waals surface area contributed by atoms with Crippen molar-refractivity contribution in [3.05, 3.63) is 70.3 Å². The molecule has 0 aliphatic rings. The van der Waals surface area contributed by atoms with Gasteiger partial charge in [-0.15, -0.1) is 0 Å². The quantitative estimate of drug-likeness (QED) is 0.293. The molecule has 9 heteroatoms. The number of pyridine rings is 1. The number of nitrogens with zero attached hydrogens (tertiary/aromatic N) is 4. The summed E-state index contributed by atoms with van der Waals surface area (Å²) >= 11 is 12.8. The smallest absolute Gasteiger partial charge is 0.229 e. The van der Waals surface area contributed by atoms with Gasteiger partial charge in [0.1, 0.15) is 23.5 Å². The van der Waals surface area contributed by atoms with Gasteiger partial charge in [0.15, 0.2) is 0 Å². The monoisotopic (exact) mass is 510 g/mol. The number of rotatable bonds is 9. The van der Waals surface area contributed by atoms with Crippen molar-refractivity contribution < 1.29 is 4.74 Å². The van der Waals surface area contributed by atoms with Gasteiger partial charge >= 0.3 is 0 Å². The Hall–Kier alpha value is -3.13. The highest BCUT2D eigenvalue weighted by Gasteiger charge is 2.14. The summed E-state index contributed by atoms with van der Waals surface area (Å²) in [5, 5.41) is 13.7. The molecule has 0 unspecified atom stereocenters. The molecule has 0 aliphatic carbocycles. The minimum Gasteiger partial charge on any atom is -0.492 e. The fourth-order valence-corrected chi connectivity index (χ4v) is 4.47. The van der Waals surface area contributed by atoms with Crippen molar-refractivity contribution >= 4 is 45.9 Å². The van der Waals surface area contributed by atoms with E-state index >= 15 is 0 Å². The Balaban J connectivity index is 1.53. The first kappa shape index (κ1) is 25.0. The fourth-order valence-electron chi connectivity index (χ4n) is 3.86. The Kier molecular flexibility index (Phi) is 7.90. The average Bonchev–Trinajstić information content (AvgIpc) is 2.86. The molecule has 0 atom stereocenters. The lowest BCUT2D eigenvalue weighted by Gasteiger charge is -2.18. The van der Waals surface area contributed by atoms with E-state index in [0.717, 1.165) is 36.5 Å². The molecule has 0 fully saturated rings. The number of hydrogen-bond donors (Lipinski definition) is 2. The topological polar surface area (TPSA) is 79.1 Å². The number of anilines is 2. The number of aryl methyl sites for hydroxylation is 1. The minimum atomic E-state index is 0.253. The average molecular weight is 511 g/mol. The van der Waals surface area contributed by atoms with Gasteiger partial charge in [-0.2, -0.15) is 4.98 Å². The third-order valence-corrected chi connectivity index (χ3v) is 6.55. The van der Waals surface area contributed by atoms with Crippen LogP contribution in [0.2, 0.25) is 10.0 Å². The number of aromatic nitrogens is 3. The molecule has 182 valence electrons. The van der Waals surface area contributed by atoms with E-state index in [1.54, 1.807) is 36.0 Å². The summed E-state index contributed by atoms with van der Waals surface area (Å²) in [4.78, 5) is 11.4. The van der Waals surface area contributed by atoms with Crippen LogP contribution in [0.15, 0.2) is 54.7 Å². The molecule has 0 bridgehead atoms. The van der Waals surface area contributed by atoms with Gasteiger partial charge in [-0.25, -0.2) is 4.98 Å². The maximum absolute atomic E-state index is 8.68. The molecule has 2 aromatic carbocycles. The number of ether oxygens (including phenoxy) is 1. The van der Waals surface area contributed by atoms with Gasteiger partial charge in [0, 0.05) is 42.0 Å². The number of benzene rings is 2. The van der Waals surface area contributed by atoms with Crippen molar-refractivity contribution in [2.45, 2.75) is 13.8 Å². The summed E-state index contributed by atoms with van der Waals surface area (Å²) < 4.78 is 7.55. The normalized spacial score (nSPS) is 11.3. The van der Waals surface area contributed by atoms with Crippen LogP contribution in [0, 0.1) is 5.41 Å². The number of likely N-dealkylation sites (N-methyl/N-ethyl adjacent to an activating group) is 1. The van der Waals surface area contributed by atoms with E-state index in [-0.39, 0.29) is 5.49 Å². The zero-order valence-corrected chi connectivity index (χ0v) is 21.5. The fraction of sp³-hybridized carbons (Fsp3) is 0.269. The number of nitrogens with one attached hydrogen (secondary N) is 2. The molecular weight excluding hydrogens is 483 g/mol. The molecule has 4 aromatic rings. The molecule has 2 heterocycles. The van der Waals surface area contributed by atoms with E-state index in [1.165, 1.54) is 0 Å². The summed E-state index contributed by atoms with van der Waals surface area (Å²) in [6, 6.07) is 14.9. The second kappa shape index (κ2) is 11.1. The van der Waals surface area contributed by atoms with Crippen molar-refractivity contribution in [3.63, 3.8) is 0 Å². The van der Waals surface area contributed by atoms with E-state index in [1.807, 2.05) is 30.3 Å². The van der Waals surface area contributed by atoms with E-state index in [9.17, 15) is 0 Å². The van der Waals surface area contributed by atoms with Crippen LogP contribution >= 0.6 is 23.2 Å². The molecule has 0 radical (unpaired) electrons. The van der Waals surface area contributed by atoms with Crippen molar-refractivity contribution in [1.82, 2.24) is 19.4 Å². The molecule has 0 spiro atoms. The van der Waals surface area contributed by atoms with Gasteiger partial charge in [0.2, 0.25) is 5.95 Å². The van der Waals surface area contributed by atoms with Gasteiger partial charge in [-0.1, -0.05) is 43.1 Å². The van der Waals surface area contributed by atoms with Crippen LogP contribution in [0.25, 0.3) is 22.2 Å². The van der Waals surface area contributed by atoms with Crippen molar-refractivity contribution in [2.24, 2.45) is 7.05 Å². The number of halogens is 2. The highest BCUT2D eigenvalue weighted by molar-refractivity contribution is 6.39. The van der Waals surface area contributed by atoms with E-state index in [2.05, 4.69) is 34.0 Å². The Morgan fingerprint density at radius 2 is 1.74 bits per heavy atom. The van der Waals surface area contributed by atoms with Crippen molar-refractivity contribution in [1.29, 1.82) is 5.41 Å². The Morgan fingerprint density at radius 3 is 2.40 bits per heavy atom. The molecular formula is C26H28Cl2N6O. The second-order valence-electron chi connectivity index (χ2n) is 8.06. The van der Waals surface area contributed by atoms with Gasteiger partial charge in [-0.3, -0.25) is 5.41 Å². The van der Waals surface area contributed by atoms with Gasteiger partial charge in [0.25, 0.3) is 0 Å². The van der Waals surface area contributed by atoms with Gasteiger partial charge in [0.05, 0.1) is 10.0 Å². The van der Waals surface area contributed by atoms with Crippen LogP contribution in [-0.4, -0.2) is 45.7 Å². The molecule has 0 saturated carbocycles. The lowest BCUT2D eigenvalue weighted by Crippen LogP contribution is -2.27. The SMILES string of the molecule is CCN(CC)CCOc1ccc(Nc2ncc3cc(-c4c(Cl)cccc4Cl)c(=N)n(C)c3n2)cc1. The molecule has 2 N–H and O–H groups in total. The molecule has 2 aromatic heterocycles. The van der Waals surface area contributed by atoms with Crippen LogP contribution < -0.4 is 15.5 Å². The highest BCUT2D eigenvalue weighted by atomic mass is 35.5. The van der Waals surface area contributed by atoms with E-state index in [0.29, 0.717) is 39.4 Å². The highest BCUT2D eigenvalue weighted by Crippen LogP contribution is 2.33. The third kappa shape index (κ3) is 5.59. The largest absolute Gasteiger partial charge is 0.492 e. The van der Waals surface area contributed by atoms with Gasteiger partial charge in [-0.05, 0) is 55.6 Å². The van der Waals surface area contributed by atoms with E-state index < -0.39 is 0 Å². The molecule has 35 heavy (non-hydrogen) atoms. The summed E-state index contributed by atoms with van der Waals surface area (Å²) in [6.07, 6.45) is 1.73. The maximum atomic E-state index is 8.68. The summed E-state index contributed by atoms with van der Waals surface area (Å²) in [5.41, 5.74) is 2.96. The predicted octanol–water partition coefficient (Wildman–Crippen LogP) is 5.89. The van der Waals surface area contributed by atoms with Crippen LogP contribution in [0.5, 0.6) is 5.75 Å². The van der Waals surface area contributed by atoms with E-state index in [4.69, 9.17) is 33.3 Å². The van der Waals surface area contributed by atoms with Crippen molar-refractivity contribution in [2.75, 3.05) is 31.6 Å². The van der Waals surface area contributed by atoms with Crippen LogP contribution in [0.4, 0.5) is 11.6 Å². The minimum absolute atomic E-state index is 0.253. The molecule has 0 aliphatic heterocycles. The number of fused-ring (bicyclic) bond motifs is 1. The zero-order valence-electron chi connectivity index (χ0n) is 20.0. The van der Waals surface area contributed by atoms with Crippen LogP contribution in [-0.2, 0) is 7.05 Å². The molecule has 4 rings (SSSR count). The lowest BCUT2D eigenvalue weighted by molar-refractivity contribution is 0.223. The Bertz CT molecular complexity index is 1360. The van der Waals surface area contributed by atoms with Crippen LogP contribution in [0.3, 0.4) is 0 Å². The first-order chi connectivity index (χ1) is 16.9. The maximum Gasteiger partial charge on any atom is 0.229 e. The second-order valence-corrected chi connectivity index (χ2v) is 8.87. The summed E-state index contributed by atoms with van der Waals surface area (Å²) in [5.74, 6) is 1.25. The summed E-state index contributed by atoms with van der Waals surface area (Å²) in [7, 11) is 1.79. The first-order valence-corrected chi connectivity index (χ1v) is 12.2. The first-order valence-electron chi connectivity index (χ1n) is 11.5. The predicted molar refractivity (Wildman–Crippen MR) is 143 cm³/mol. The molecule has 0 saturated heterocycles. The van der Waals surface area contributed by atoms with Gasteiger partial charge < -0.3 is 19.5 Å². The van der Waals surface area contributed by atoms with Crippen molar-refractivity contribution in [3.8, 4) is 16.9 Å². The number of hydrogen-bond acceptors (Lipinski definition) is 6.